The summed E-state index contributed by atoms with van der Waals surface area (Å²) in [5, 5.41) is 0. The van der Waals surface area contributed by atoms with Crippen molar-refractivity contribution in [1.29, 1.82) is 0 Å². The van der Waals surface area contributed by atoms with Crippen molar-refractivity contribution in [3.63, 3.8) is 0 Å². The molecular weight excluding hydrogens is 524 g/mol. The second kappa shape index (κ2) is 8.96. The molecule has 0 spiro atoms. The topological polar surface area (TPSA) is 74.8 Å². The second-order valence-corrected chi connectivity index (χ2v) is 12.4. The van der Waals surface area contributed by atoms with Gasteiger partial charge in [-0.1, -0.05) is 72.3 Å². The van der Waals surface area contributed by atoms with Gasteiger partial charge in [0.15, 0.2) is 0 Å². The van der Waals surface area contributed by atoms with Gasteiger partial charge in [0.05, 0.1) is 35.0 Å². The Bertz CT molecular complexity index is 1770. The van der Waals surface area contributed by atoms with E-state index in [4.69, 9.17) is 0 Å². The van der Waals surface area contributed by atoms with Crippen LogP contribution < -0.4 is 9.80 Å². The van der Waals surface area contributed by atoms with E-state index >= 15 is 0 Å². The first kappa shape index (κ1) is 25.2. The van der Waals surface area contributed by atoms with Crippen molar-refractivity contribution < 1.29 is 19.2 Å². The number of hydrogen-bond acceptors (Lipinski definition) is 4. The summed E-state index contributed by atoms with van der Waals surface area (Å²) >= 11 is 0. The Morgan fingerprint density at radius 1 is 0.595 bits per heavy atom. The highest BCUT2D eigenvalue weighted by Gasteiger charge is 2.67. The van der Waals surface area contributed by atoms with Gasteiger partial charge in [0.2, 0.25) is 23.6 Å². The SMILES string of the molecule is Cc1cccc(N2C(=O)[C@H]3[C@@H]4C=C[C@H](C5=C(c6ccccc6)C[C@H]6C(=O)N(c7cccc(C)c7)C(=O)[C@H]6[C@H]54)[C@H]3C2=O)c1. The van der Waals surface area contributed by atoms with Crippen LogP contribution in [-0.2, 0) is 19.2 Å². The summed E-state index contributed by atoms with van der Waals surface area (Å²) in [6.45, 7) is 3.89. The largest absolute Gasteiger partial charge is 0.274 e. The summed E-state index contributed by atoms with van der Waals surface area (Å²) in [4.78, 5) is 59.3. The highest BCUT2D eigenvalue weighted by atomic mass is 16.2. The van der Waals surface area contributed by atoms with E-state index in [2.05, 4.69) is 12.2 Å². The van der Waals surface area contributed by atoms with E-state index < -0.39 is 23.7 Å². The summed E-state index contributed by atoms with van der Waals surface area (Å²) < 4.78 is 0. The Labute approximate surface area is 244 Å². The molecule has 2 bridgehead atoms. The maximum Gasteiger partial charge on any atom is 0.238 e. The van der Waals surface area contributed by atoms with Gasteiger partial charge in [-0.25, -0.2) is 4.90 Å². The van der Waals surface area contributed by atoms with Crippen molar-refractivity contribution in [3.05, 3.63) is 113 Å². The third kappa shape index (κ3) is 3.32. The zero-order valence-electron chi connectivity index (χ0n) is 23.4. The molecule has 0 radical (unpaired) electrons. The average molecular weight is 555 g/mol. The lowest BCUT2D eigenvalue weighted by atomic mass is 9.49. The van der Waals surface area contributed by atoms with E-state index in [9.17, 15) is 19.2 Å². The Balaban J connectivity index is 1.29. The molecule has 1 saturated carbocycles. The fourth-order valence-electron chi connectivity index (χ4n) is 8.56. The third-order valence-electron chi connectivity index (χ3n) is 10.2. The van der Waals surface area contributed by atoms with Crippen LogP contribution in [0.2, 0.25) is 0 Å². The van der Waals surface area contributed by atoms with Crippen LogP contribution in [0.4, 0.5) is 11.4 Å². The van der Waals surface area contributed by atoms with Crippen molar-refractivity contribution in [2.24, 2.45) is 41.4 Å². The van der Waals surface area contributed by atoms with Crippen molar-refractivity contribution in [1.82, 2.24) is 0 Å². The minimum atomic E-state index is -0.574. The number of carbonyl (C=O) groups excluding carboxylic acids is 4. The van der Waals surface area contributed by atoms with E-state index in [1.54, 1.807) is 0 Å². The summed E-state index contributed by atoms with van der Waals surface area (Å²) in [5.41, 5.74) is 6.25. The summed E-state index contributed by atoms with van der Waals surface area (Å²) in [6, 6.07) is 25.0. The molecule has 0 N–H and O–H groups in total. The molecule has 3 aromatic rings. The minimum absolute atomic E-state index is 0.175. The molecule has 4 aliphatic carbocycles. The fourth-order valence-corrected chi connectivity index (χ4v) is 8.56. The zero-order valence-corrected chi connectivity index (χ0v) is 23.4. The Morgan fingerprint density at radius 2 is 1.19 bits per heavy atom. The highest BCUT2D eigenvalue weighted by molar-refractivity contribution is 6.24. The number of allylic oxidation sites excluding steroid dienone is 4. The van der Waals surface area contributed by atoms with Gasteiger partial charge in [0, 0.05) is 11.8 Å². The number of fused-ring (bicyclic) bond motifs is 1. The average Bonchev–Trinajstić information content (AvgIpc) is 3.42. The molecule has 6 aliphatic rings. The number of hydrogen-bond donors (Lipinski definition) is 0. The number of aryl methyl sites for hydroxylation is 2. The van der Waals surface area contributed by atoms with Crippen LogP contribution in [0, 0.1) is 55.3 Å². The van der Waals surface area contributed by atoms with Gasteiger partial charge in [-0.3, -0.25) is 24.1 Å². The number of anilines is 2. The zero-order chi connectivity index (χ0) is 28.9. The van der Waals surface area contributed by atoms with Crippen molar-refractivity contribution in [2.45, 2.75) is 20.3 Å². The maximum atomic E-state index is 14.3. The first-order valence-corrected chi connectivity index (χ1v) is 14.7. The van der Waals surface area contributed by atoms with E-state index in [0.29, 0.717) is 17.8 Å². The first-order valence-electron chi connectivity index (χ1n) is 14.7. The summed E-state index contributed by atoms with van der Waals surface area (Å²) in [7, 11) is 0. The van der Waals surface area contributed by atoms with Gasteiger partial charge < -0.3 is 0 Å². The number of benzene rings is 3. The molecule has 3 fully saturated rings. The summed E-state index contributed by atoms with van der Waals surface area (Å²) in [6.07, 6.45) is 4.58. The van der Waals surface area contributed by atoms with E-state index in [-0.39, 0.29) is 41.4 Å². The number of nitrogens with zero attached hydrogens (tertiary/aromatic N) is 2. The third-order valence-corrected chi connectivity index (χ3v) is 10.2. The van der Waals surface area contributed by atoms with Gasteiger partial charge in [-0.2, -0.15) is 0 Å². The Kier molecular flexibility index (Phi) is 5.37. The molecule has 2 saturated heterocycles. The van der Waals surface area contributed by atoms with Gasteiger partial charge >= 0.3 is 0 Å². The number of imide groups is 2. The van der Waals surface area contributed by atoms with E-state index in [1.165, 1.54) is 9.80 Å². The molecule has 9 rings (SSSR count). The molecule has 3 aromatic carbocycles. The van der Waals surface area contributed by atoms with Gasteiger partial charge in [-0.05, 0) is 72.7 Å². The monoisotopic (exact) mass is 554 g/mol. The molecule has 2 heterocycles. The maximum absolute atomic E-state index is 14.3. The van der Waals surface area contributed by atoms with Crippen molar-refractivity contribution in [2.75, 3.05) is 9.80 Å². The summed E-state index contributed by atoms with van der Waals surface area (Å²) in [5.74, 6) is -3.90. The number of carbonyl (C=O) groups is 4. The number of amides is 4. The van der Waals surface area contributed by atoms with Crippen LogP contribution in [0.15, 0.2) is 96.6 Å². The molecule has 4 amide bonds. The fraction of sp³-hybridized carbons (Fsp3) is 0.278. The minimum Gasteiger partial charge on any atom is -0.274 e. The molecular formula is C36H30N2O4. The van der Waals surface area contributed by atoms with Gasteiger partial charge in [0.25, 0.3) is 0 Å². The lowest BCUT2D eigenvalue weighted by Gasteiger charge is -2.51. The van der Waals surface area contributed by atoms with Crippen molar-refractivity contribution >= 4 is 40.6 Å². The van der Waals surface area contributed by atoms with Crippen LogP contribution in [0.25, 0.3) is 5.57 Å². The lowest BCUT2D eigenvalue weighted by Crippen LogP contribution is -2.51. The quantitative estimate of drug-likeness (QED) is 0.316. The Hall–Kier alpha value is -4.58. The molecule has 0 aromatic heterocycles. The van der Waals surface area contributed by atoms with E-state index in [0.717, 1.165) is 27.8 Å². The molecule has 208 valence electrons. The van der Waals surface area contributed by atoms with Gasteiger partial charge in [-0.15, -0.1) is 0 Å². The predicted octanol–water partition coefficient (Wildman–Crippen LogP) is 5.50. The Morgan fingerprint density at radius 3 is 1.83 bits per heavy atom. The van der Waals surface area contributed by atoms with Crippen molar-refractivity contribution in [3.8, 4) is 0 Å². The molecule has 42 heavy (non-hydrogen) atoms. The van der Waals surface area contributed by atoms with Crippen LogP contribution >= 0.6 is 0 Å². The van der Waals surface area contributed by atoms with Crippen LogP contribution in [0.1, 0.15) is 23.1 Å². The lowest BCUT2D eigenvalue weighted by molar-refractivity contribution is -0.129. The normalized spacial score (nSPS) is 31.1. The van der Waals surface area contributed by atoms with Crippen LogP contribution in [0.5, 0.6) is 0 Å². The van der Waals surface area contributed by atoms with Crippen LogP contribution in [0.3, 0.4) is 0 Å². The van der Waals surface area contributed by atoms with E-state index in [1.807, 2.05) is 92.7 Å². The molecule has 6 nitrogen and oxygen atoms in total. The number of rotatable bonds is 3. The predicted molar refractivity (Wildman–Crippen MR) is 159 cm³/mol. The molecule has 2 aliphatic heterocycles. The first-order chi connectivity index (χ1) is 20.3. The highest BCUT2D eigenvalue weighted by Crippen LogP contribution is 2.63. The van der Waals surface area contributed by atoms with Crippen LogP contribution in [-0.4, -0.2) is 23.6 Å². The smallest absolute Gasteiger partial charge is 0.238 e. The molecule has 6 heteroatoms. The molecule has 7 atom stereocenters. The molecule has 0 unspecified atom stereocenters. The standard InChI is InChI=1S/C36H30N2O4/c1-19-8-6-12-22(16-19)37-33(39)27-18-26(21-10-4-3-5-11-21)28-24-14-15-25(29(28)32(27)36(37)42)31-30(24)34(40)38(35(31)41)23-13-7-9-20(2)17-23/h3-17,24-25,27,29-32H,18H2,1-2H3/t24-,25-,27-,29+,30-,31+,32-/m1/s1. The van der Waals surface area contributed by atoms with Gasteiger partial charge in [0.1, 0.15) is 0 Å². The second-order valence-electron chi connectivity index (χ2n) is 12.4.